The zero-order valence-corrected chi connectivity index (χ0v) is 13.4. The lowest BCUT2D eigenvalue weighted by atomic mass is 10.1. The van der Waals surface area contributed by atoms with Crippen LogP contribution in [0.5, 0.6) is 0 Å². The van der Waals surface area contributed by atoms with E-state index in [2.05, 4.69) is 10.5 Å². The summed E-state index contributed by atoms with van der Waals surface area (Å²) in [5.41, 5.74) is 1.45. The fourth-order valence-electron chi connectivity index (χ4n) is 2.12. The molecule has 1 aromatic carbocycles. The van der Waals surface area contributed by atoms with E-state index in [1.807, 2.05) is 19.1 Å². The Morgan fingerprint density at radius 2 is 2.18 bits per heavy atom. The summed E-state index contributed by atoms with van der Waals surface area (Å²) < 4.78 is 5.16. The van der Waals surface area contributed by atoms with Gasteiger partial charge in [-0.2, -0.15) is 0 Å². The number of nitrogens with one attached hydrogen (secondary N) is 1. The number of aliphatic hydroxyl groups excluding tert-OH is 1. The third-order valence-corrected chi connectivity index (χ3v) is 3.78. The number of benzene rings is 1. The van der Waals surface area contributed by atoms with Gasteiger partial charge in [0.15, 0.2) is 0 Å². The van der Waals surface area contributed by atoms with Gasteiger partial charge in [-0.3, -0.25) is 4.79 Å². The number of rotatable bonds is 6. The molecule has 0 aliphatic heterocycles. The summed E-state index contributed by atoms with van der Waals surface area (Å²) in [6, 6.07) is 7.16. The number of carbonyl (C=O) groups excluding carboxylic acids is 1. The van der Waals surface area contributed by atoms with Crippen LogP contribution >= 0.6 is 11.6 Å². The molecule has 0 spiro atoms. The van der Waals surface area contributed by atoms with Gasteiger partial charge in [-0.1, -0.05) is 41.9 Å². The second-order valence-electron chi connectivity index (χ2n) is 5.05. The summed E-state index contributed by atoms with van der Waals surface area (Å²) in [5, 5.41) is 16.8. The van der Waals surface area contributed by atoms with Gasteiger partial charge < -0.3 is 14.9 Å². The van der Waals surface area contributed by atoms with Crippen LogP contribution in [-0.2, 0) is 0 Å². The van der Waals surface area contributed by atoms with E-state index in [1.165, 1.54) is 0 Å². The molecule has 1 aromatic heterocycles. The first-order valence-corrected chi connectivity index (χ1v) is 7.59. The van der Waals surface area contributed by atoms with Crippen LogP contribution in [0, 0.1) is 6.92 Å². The Morgan fingerprint density at radius 3 is 2.86 bits per heavy atom. The molecule has 1 atom stereocenters. The normalized spacial score (nSPS) is 12.2. The van der Waals surface area contributed by atoms with Crippen LogP contribution in [0.2, 0.25) is 5.02 Å². The highest BCUT2D eigenvalue weighted by Crippen LogP contribution is 2.30. The Morgan fingerprint density at radius 1 is 1.45 bits per heavy atom. The minimum atomic E-state index is -0.410. The van der Waals surface area contributed by atoms with Crippen molar-refractivity contribution < 1.29 is 14.4 Å². The molecule has 0 radical (unpaired) electrons. The largest absolute Gasteiger partial charge is 0.393 e. The molecule has 6 heteroatoms. The zero-order valence-electron chi connectivity index (χ0n) is 12.6. The quantitative estimate of drug-likeness (QED) is 0.856. The summed E-state index contributed by atoms with van der Waals surface area (Å²) in [7, 11) is 0. The smallest absolute Gasteiger partial charge is 0.257 e. The van der Waals surface area contributed by atoms with Crippen molar-refractivity contribution in [3.63, 3.8) is 0 Å². The summed E-state index contributed by atoms with van der Waals surface area (Å²) in [6.45, 7) is 3.97. The van der Waals surface area contributed by atoms with E-state index in [0.29, 0.717) is 47.0 Å². The molecule has 118 valence electrons. The Labute approximate surface area is 134 Å². The molecule has 0 saturated heterocycles. The fraction of sp³-hybridized carbons (Fsp3) is 0.375. The molecule has 2 rings (SSSR count). The van der Waals surface area contributed by atoms with E-state index in [-0.39, 0.29) is 5.91 Å². The Hall–Kier alpha value is -1.85. The van der Waals surface area contributed by atoms with Gasteiger partial charge in [-0.05, 0) is 25.8 Å². The van der Waals surface area contributed by atoms with Gasteiger partial charge in [0.05, 0.1) is 11.1 Å². The fourth-order valence-corrected chi connectivity index (χ4v) is 2.35. The molecule has 1 heterocycles. The summed E-state index contributed by atoms with van der Waals surface area (Å²) in [5.74, 6) is 0.153. The zero-order chi connectivity index (χ0) is 16.1. The van der Waals surface area contributed by atoms with Gasteiger partial charge in [0, 0.05) is 12.1 Å². The van der Waals surface area contributed by atoms with Gasteiger partial charge in [-0.15, -0.1) is 0 Å². The molecule has 2 N–H and O–H groups in total. The van der Waals surface area contributed by atoms with Crippen molar-refractivity contribution in [2.24, 2.45) is 0 Å². The highest BCUT2D eigenvalue weighted by atomic mass is 35.5. The number of carbonyl (C=O) groups is 1. The number of nitrogens with zero attached hydrogens (tertiary/aromatic N) is 1. The van der Waals surface area contributed by atoms with E-state index in [4.69, 9.17) is 16.1 Å². The van der Waals surface area contributed by atoms with Gasteiger partial charge in [0.25, 0.3) is 5.91 Å². The van der Waals surface area contributed by atoms with E-state index in [0.717, 1.165) is 0 Å². The first-order chi connectivity index (χ1) is 10.5. The minimum Gasteiger partial charge on any atom is -0.393 e. The van der Waals surface area contributed by atoms with Crippen LogP contribution < -0.4 is 5.32 Å². The van der Waals surface area contributed by atoms with Gasteiger partial charge in [-0.25, -0.2) is 0 Å². The molecule has 5 nitrogen and oxygen atoms in total. The molecule has 0 bridgehead atoms. The molecule has 0 aliphatic rings. The third kappa shape index (κ3) is 3.67. The van der Waals surface area contributed by atoms with Crippen LogP contribution in [0.1, 0.15) is 35.9 Å². The SMILES string of the molecule is CCC(O)CCNC(=O)c1c(-c2ccccc2Cl)noc1C. The molecule has 2 aromatic rings. The lowest BCUT2D eigenvalue weighted by Crippen LogP contribution is -2.27. The highest BCUT2D eigenvalue weighted by Gasteiger charge is 2.22. The van der Waals surface area contributed by atoms with Gasteiger partial charge in [0.2, 0.25) is 0 Å². The summed E-state index contributed by atoms with van der Waals surface area (Å²) >= 11 is 6.16. The Bertz CT molecular complexity index is 655. The van der Waals surface area contributed by atoms with Crippen LogP contribution in [0.25, 0.3) is 11.3 Å². The Kier molecular flexibility index (Phi) is 5.57. The highest BCUT2D eigenvalue weighted by molar-refractivity contribution is 6.33. The van der Waals surface area contributed by atoms with Crippen molar-refractivity contribution in [3.05, 3.63) is 40.6 Å². The van der Waals surface area contributed by atoms with Crippen molar-refractivity contribution in [2.45, 2.75) is 32.8 Å². The summed E-state index contributed by atoms with van der Waals surface area (Å²) in [6.07, 6.45) is 0.757. The average molecular weight is 323 g/mol. The van der Waals surface area contributed by atoms with Gasteiger partial charge >= 0.3 is 0 Å². The van der Waals surface area contributed by atoms with Crippen molar-refractivity contribution >= 4 is 17.5 Å². The van der Waals surface area contributed by atoms with Crippen LogP contribution in [-0.4, -0.2) is 28.8 Å². The molecular weight excluding hydrogens is 304 g/mol. The number of halogens is 1. The van der Waals surface area contributed by atoms with E-state index in [1.54, 1.807) is 19.1 Å². The topological polar surface area (TPSA) is 75.4 Å². The van der Waals surface area contributed by atoms with Crippen molar-refractivity contribution in [1.82, 2.24) is 10.5 Å². The molecule has 0 saturated carbocycles. The van der Waals surface area contributed by atoms with Crippen LogP contribution in [0.3, 0.4) is 0 Å². The molecule has 22 heavy (non-hydrogen) atoms. The van der Waals surface area contributed by atoms with Crippen LogP contribution in [0.15, 0.2) is 28.8 Å². The van der Waals surface area contributed by atoms with Crippen molar-refractivity contribution in [2.75, 3.05) is 6.54 Å². The molecule has 1 amide bonds. The first-order valence-electron chi connectivity index (χ1n) is 7.22. The predicted octanol–water partition coefficient (Wildman–Crippen LogP) is 3.19. The number of aryl methyl sites for hydroxylation is 1. The second kappa shape index (κ2) is 7.42. The number of hydrogen-bond acceptors (Lipinski definition) is 4. The summed E-state index contributed by atoms with van der Waals surface area (Å²) in [4.78, 5) is 12.4. The maximum absolute atomic E-state index is 12.4. The predicted molar refractivity (Wildman–Crippen MR) is 84.9 cm³/mol. The molecule has 0 aliphatic carbocycles. The minimum absolute atomic E-state index is 0.281. The maximum Gasteiger partial charge on any atom is 0.257 e. The van der Waals surface area contributed by atoms with Crippen LogP contribution in [0.4, 0.5) is 0 Å². The second-order valence-corrected chi connectivity index (χ2v) is 5.46. The first kappa shape index (κ1) is 16.5. The number of aliphatic hydroxyl groups is 1. The van der Waals surface area contributed by atoms with Gasteiger partial charge in [0.1, 0.15) is 17.0 Å². The average Bonchev–Trinajstić information content (AvgIpc) is 2.89. The van der Waals surface area contributed by atoms with E-state index < -0.39 is 6.10 Å². The Balaban J connectivity index is 2.19. The van der Waals surface area contributed by atoms with Crippen molar-refractivity contribution in [3.8, 4) is 11.3 Å². The monoisotopic (exact) mass is 322 g/mol. The third-order valence-electron chi connectivity index (χ3n) is 3.45. The van der Waals surface area contributed by atoms with E-state index in [9.17, 15) is 9.90 Å². The standard InChI is InChI=1S/C16H19ClN2O3/c1-3-11(20)8-9-18-16(21)14-10(2)22-19-15(14)12-6-4-5-7-13(12)17/h4-7,11,20H,3,8-9H2,1-2H3,(H,18,21). The lowest BCUT2D eigenvalue weighted by Gasteiger charge is -2.09. The maximum atomic E-state index is 12.4. The molecule has 1 unspecified atom stereocenters. The number of hydrogen-bond donors (Lipinski definition) is 2. The van der Waals surface area contributed by atoms with E-state index >= 15 is 0 Å². The molecule has 0 fully saturated rings. The number of amides is 1. The number of aromatic nitrogens is 1. The van der Waals surface area contributed by atoms with Crippen molar-refractivity contribution in [1.29, 1.82) is 0 Å². The lowest BCUT2D eigenvalue weighted by molar-refractivity contribution is 0.0941. The molecular formula is C16H19ClN2O3.